The number of sulfonamides is 1. The Morgan fingerprint density at radius 3 is 2.39 bits per heavy atom. The largest absolute Gasteiger partial charge is 0.343 e. The smallest absolute Gasteiger partial charge is 0.292 e. The molecule has 1 aliphatic heterocycles. The molecule has 5 nitrogen and oxygen atoms in total. The van der Waals surface area contributed by atoms with Crippen molar-refractivity contribution in [2.24, 2.45) is 0 Å². The zero-order valence-corrected chi connectivity index (χ0v) is 14.1. The number of carbonyl (C=O) groups excluding carboxylic acids is 1. The zero-order chi connectivity index (χ0) is 16.8. The van der Waals surface area contributed by atoms with Crippen LogP contribution in [-0.2, 0) is 10.0 Å². The van der Waals surface area contributed by atoms with Gasteiger partial charge in [0.1, 0.15) is 4.90 Å². The molecule has 0 spiro atoms. The quantitative estimate of drug-likeness (QED) is 0.847. The van der Waals surface area contributed by atoms with Gasteiger partial charge in [-0.25, -0.2) is 13.2 Å². The number of amides is 2. The lowest BCUT2D eigenvalue weighted by Gasteiger charge is -2.36. The summed E-state index contributed by atoms with van der Waals surface area (Å²) in [6.07, 6.45) is 0. The number of nitrogens with zero attached hydrogens (tertiary/aromatic N) is 2. The normalized spacial score (nSPS) is 16.4. The molecular formula is C17H18N2O3S. The molecule has 6 heteroatoms. The Labute approximate surface area is 136 Å². The number of carbonyl (C=O) groups is 1. The summed E-state index contributed by atoms with van der Waals surface area (Å²) < 4.78 is 27.0. The van der Waals surface area contributed by atoms with E-state index in [1.165, 1.54) is 11.0 Å². The molecule has 0 saturated carbocycles. The van der Waals surface area contributed by atoms with Crippen molar-refractivity contribution in [1.82, 2.24) is 0 Å². The van der Waals surface area contributed by atoms with Crippen molar-refractivity contribution in [3.63, 3.8) is 0 Å². The molecule has 23 heavy (non-hydrogen) atoms. The second-order valence-corrected chi connectivity index (χ2v) is 7.31. The number of aryl methyl sites for hydroxylation is 2. The van der Waals surface area contributed by atoms with Crippen LogP contribution in [0.3, 0.4) is 0 Å². The highest BCUT2D eigenvalue weighted by Gasteiger charge is 2.42. The molecular weight excluding hydrogens is 312 g/mol. The fourth-order valence-corrected chi connectivity index (χ4v) is 4.44. The van der Waals surface area contributed by atoms with Gasteiger partial charge in [-0.2, -0.15) is 4.31 Å². The minimum absolute atomic E-state index is 0.155. The van der Waals surface area contributed by atoms with Crippen LogP contribution < -0.4 is 9.21 Å². The molecule has 0 atom stereocenters. The number of hydrogen-bond donors (Lipinski definition) is 0. The Balaban J connectivity index is 2.30. The molecule has 2 aromatic carbocycles. The van der Waals surface area contributed by atoms with Crippen LogP contribution in [0.25, 0.3) is 0 Å². The molecule has 0 fully saturated rings. The Hall–Kier alpha value is -2.34. The summed E-state index contributed by atoms with van der Waals surface area (Å²) in [5, 5.41) is 0. The molecule has 0 radical (unpaired) electrons. The van der Waals surface area contributed by atoms with Gasteiger partial charge in [0, 0.05) is 6.54 Å². The van der Waals surface area contributed by atoms with Crippen LogP contribution >= 0.6 is 0 Å². The van der Waals surface area contributed by atoms with E-state index in [1.54, 1.807) is 31.2 Å². The van der Waals surface area contributed by atoms with Crippen LogP contribution in [0.2, 0.25) is 0 Å². The maximum atomic E-state index is 13.0. The van der Waals surface area contributed by atoms with Crippen molar-refractivity contribution >= 4 is 27.4 Å². The van der Waals surface area contributed by atoms with E-state index >= 15 is 0 Å². The Morgan fingerprint density at radius 1 is 1.00 bits per heavy atom. The number of hydrogen-bond acceptors (Lipinski definition) is 3. The second-order valence-electron chi connectivity index (χ2n) is 5.55. The van der Waals surface area contributed by atoms with Crippen LogP contribution in [0.15, 0.2) is 47.4 Å². The molecule has 1 aliphatic rings. The van der Waals surface area contributed by atoms with E-state index in [4.69, 9.17) is 0 Å². The number of urea groups is 1. The summed E-state index contributed by atoms with van der Waals surface area (Å²) in [5.74, 6) is 0. The van der Waals surface area contributed by atoms with E-state index in [9.17, 15) is 13.2 Å². The minimum atomic E-state index is -3.93. The highest BCUT2D eigenvalue weighted by molar-refractivity contribution is 7.94. The first-order valence-electron chi connectivity index (χ1n) is 7.41. The molecule has 2 amide bonds. The molecule has 0 N–H and O–H groups in total. The van der Waals surface area contributed by atoms with Gasteiger partial charge in [0.15, 0.2) is 0 Å². The van der Waals surface area contributed by atoms with Crippen molar-refractivity contribution in [3.05, 3.63) is 53.6 Å². The molecule has 1 heterocycles. The van der Waals surface area contributed by atoms with Crippen LogP contribution in [-0.4, -0.2) is 21.0 Å². The Bertz CT molecular complexity index is 890. The first-order valence-corrected chi connectivity index (χ1v) is 8.85. The van der Waals surface area contributed by atoms with Crippen molar-refractivity contribution in [3.8, 4) is 0 Å². The maximum Gasteiger partial charge on any atom is 0.343 e. The number of fused-ring (bicyclic) bond motifs is 1. The summed E-state index contributed by atoms with van der Waals surface area (Å²) in [6, 6.07) is 11.5. The number of para-hydroxylation sites is 1. The minimum Gasteiger partial charge on any atom is -0.292 e. The molecule has 120 valence electrons. The molecule has 3 rings (SSSR count). The van der Waals surface area contributed by atoms with E-state index in [1.807, 2.05) is 26.0 Å². The number of benzene rings is 2. The zero-order valence-electron chi connectivity index (χ0n) is 13.3. The third kappa shape index (κ3) is 2.30. The van der Waals surface area contributed by atoms with Crippen molar-refractivity contribution in [2.75, 3.05) is 15.7 Å². The van der Waals surface area contributed by atoms with Gasteiger partial charge in [-0.1, -0.05) is 24.3 Å². The summed E-state index contributed by atoms with van der Waals surface area (Å²) in [6.45, 7) is 5.89. The van der Waals surface area contributed by atoms with E-state index < -0.39 is 16.1 Å². The van der Waals surface area contributed by atoms with Crippen LogP contribution in [0.4, 0.5) is 16.2 Å². The number of anilines is 2. The highest BCUT2D eigenvalue weighted by atomic mass is 32.2. The number of rotatable bonds is 2. The SMILES string of the molecule is CCN1C(=O)N(c2cc(C)ccc2C)S(=O)(=O)c2ccccc21. The van der Waals surface area contributed by atoms with Gasteiger partial charge in [0.2, 0.25) is 0 Å². The van der Waals surface area contributed by atoms with Crippen LogP contribution in [0, 0.1) is 13.8 Å². The topological polar surface area (TPSA) is 57.7 Å². The molecule has 2 aromatic rings. The van der Waals surface area contributed by atoms with Crippen LogP contribution in [0.1, 0.15) is 18.1 Å². The molecule has 0 aliphatic carbocycles. The predicted octanol–water partition coefficient (Wildman–Crippen LogP) is 3.46. The molecule has 0 unspecified atom stereocenters. The fourth-order valence-electron chi connectivity index (χ4n) is 2.79. The first-order chi connectivity index (χ1) is 10.9. The monoisotopic (exact) mass is 330 g/mol. The molecule has 0 bridgehead atoms. The van der Waals surface area contributed by atoms with E-state index in [-0.39, 0.29) is 4.90 Å². The van der Waals surface area contributed by atoms with Crippen molar-refractivity contribution < 1.29 is 13.2 Å². The average molecular weight is 330 g/mol. The Kier molecular flexibility index (Phi) is 3.64. The lowest BCUT2D eigenvalue weighted by molar-refractivity contribution is 0.254. The van der Waals surface area contributed by atoms with Crippen molar-refractivity contribution in [2.45, 2.75) is 25.7 Å². The standard InChI is InChI=1S/C17H18N2O3S/c1-4-18-14-7-5-6-8-16(14)23(21,22)19(17(18)20)15-11-12(2)9-10-13(15)3/h5-11H,4H2,1-3H3. The van der Waals surface area contributed by atoms with Gasteiger partial charge in [-0.05, 0) is 50.1 Å². The van der Waals surface area contributed by atoms with Crippen molar-refractivity contribution in [1.29, 1.82) is 0 Å². The van der Waals surface area contributed by atoms with E-state index in [0.717, 1.165) is 15.4 Å². The van der Waals surface area contributed by atoms with E-state index in [0.29, 0.717) is 17.9 Å². The first kappa shape index (κ1) is 15.6. The van der Waals surface area contributed by atoms with E-state index in [2.05, 4.69) is 0 Å². The highest BCUT2D eigenvalue weighted by Crippen LogP contribution is 2.38. The maximum absolute atomic E-state index is 13.0. The van der Waals surface area contributed by atoms with Gasteiger partial charge in [0.05, 0.1) is 11.4 Å². The molecule has 0 aromatic heterocycles. The predicted molar refractivity (Wildman–Crippen MR) is 90.4 cm³/mol. The third-order valence-electron chi connectivity index (χ3n) is 3.98. The van der Waals surface area contributed by atoms with Gasteiger partial charge in [0.25, 0.3) is 10.0 Å². The third-order valence-corrected chi connectivity index (χ3v) is 5.71. The fraction of sp³-hybridized carbons (Fsp3) is 0.235. The van der Waals surface area contributed by atoms with Gasteiger partial charge in [-0.15, -0.1) is 0 Å². The average Bonchev–Trinajstić information content (AvgIpc) is 2.51. The van der Waals surface area contributed by atoms with Gasteiger partial charge < -0.3 is 0 Å². The summed E-state index contributed by atoms with van der Waals surface area (Å²) >= 11 is 0. The van der Waals surface area contributed by atoms with Gasteiger partial charge in [-0.3, -0.25) is 4.90 Å². The summed E-state index contributed by atoms with van der Waals surface area (Å²) in [5.41, 5.74) is 2.47. The lowest BCUT2D eigenvalue weighted by Crippen LogP contribution is -2.51. The van der Waals surface area contributed by atoms with Crippen LogP contribution in [0.5, 0.6) is 0 Å². The molecule has 0 saturated heterocycles. The lowest BCUT2D eigenvalue weighted by atomic mass is 10.1. The Morgan fingerprint density at radius 2 is 1.70 bits per heavy atom. The second kappa shape index (κ2) is 5.38. The summed E-state index contributed by atoms with van der Waals surface area (Å²) in [4.78, 5) is 14.5. The van der Waals surface area contributed by atoms with Gasteiger partial charge >= 0.3 is 6.03 Å². The summed E-state index contributed by atoms with van der Waals surface area (Å²) in [7, 11) is -3.93.